The second-order valence-corrected chi connectivity index (χ2v) is 5.79. The monoisotopic (exact) mass is 282 g/mol. The second kappa shape index (κ2) is 4.31. The minimum absolute atomic E-state index is 0.306. The maximum Gasteiger partial charge on any atom is 0.0931 e. The van der Waals surface area contributed by atoms with Crippen LogP contribution in [0.2, 0.25) is 0 Å². The predicted molar refractivity (Wildman–Crippen MR) is 88.9 cm³/mol. The third-order valence-corrected chi connectivity index (χ3v) is 4.61. The number of H-pyrrole nitrogens is 1. The summed E-state index contributed by atoms with van der Waals surface area (Å²) in [6, 6.07) is 24.0. The van der Waals surface area contributed by atoms with Crippen molar-refractivity contribution in [2.45, 2.75) is 5.92 Å². The van der Waals surface area contributed by atoms with Gasteiger partial charge in [-0.3, -0.25) is 0 Å². The van der Waals surface area contributed by atoms with Crippen LogP contribution >= 0.6 is 0 Å². The minimum Gasteiger partial charge on any atom is -0.345 e. The molecular weight excluding hydrogens is 268 g/mol. The molecule has 1 aromatic heterocycles. The Morgan fingerprint density at radius 3 is 2.18 bits per heavy atom. The number of hydrogen-bond acceptors (Lipinski definition) is 1. The van der Waals surface area contributed by atoms with Crippen LogP contribution in [-0.4, -0.2) is 9.97 Å². The number of aromatic nitrogens is 2. The third kappa shape index (κ3) is 1.52. The first-order valence-corrected chi connectivity index (χ1v) is 7.53. The van der Waals surface area contributed by atoms with Gasteiger partial charge in [-0.2, -0.15) is 0 Å². The first-order chi connectivity index (χ1) is 10.9. The molecule has 5 rings (SSSR count). The molecule has 2 nitrogen and oxygen atoms in total. The topological polar surface area (TPSA) is 28.7 Å². The van der Waals surface area contributed by atoms with E-state index in [1.54, 1.807) is 6.33 Å². The van der Waals surface area contributed by atoms with E-state index in [1.807, 2.05) is 0 Å². The molecule has 1 heterocycles. The summed E-state index contributed by atoms with van der Waals surface area (Å²) < 4.78 is 0. The molecule has 104 valence electrons. The molecule has 2 heteroatoms. The Hall–Kier alpha value is -2.87. The maximum absolute atomic E-state index is 4.32. The highest BCUT2D eigenvalue weighted by Crippen LogP contribution is 2.47. The van der Waals surface area contributed by atoms with E-state index in [0.29, 0.717) is 5.92 Å². The number of nitrogens with one attached hydrogen (secondary N) is 1. The number of imidazole rings is 1. The number of nitrogens with zero attached hydrogens (tertiary/aromatic N) is 1. The van der Waals surface area contributed by atoms with Crippen LogP contribution in [0.25, 0.3) is 22.2 Å². The van der Waals surface area contributed by atoms with E-state index in [9.17, 15) is 0 Å². The van der Waals surface area contributed by atoms with Crippen LogP contribution in [-0.2, 0) is 0 Å². The number of rotatable bonds is 1. The first-order valence-electron chi connectivity index (χ1n) is 7.53. The Morgan fingerprint density at radius 1 is 0.773 bits per heavy atom. The molecule has 0 bridgehead atoms. The van der Waals surface area contributed by atoms with Crippen LogP contribution in [0.1, 0.15) is 22.6 Å². The van der Waals surface area contributed by atoms with Crippen LogP contribution in [0, 0.1) is 0 Å². The molecule has 0 fully saturated rings. The zero-order valence-corrected chi connectivity index (χ0v) is 12.0. The predicted octanol–water partition coefficient (Wildman–Crippen LogP) is 4.72. The Labute approximate surface area is 128 Å². The summed E-state index contributed by atoms with van der Waals surface area (Å²) in [5, 5.41) is 0. The summed E-state index contributed by atoms with van der Waals surface area (Å²) in [5.74, 6) is 0.306. The molecular formula is C20H14N2. The number of hydrogen-bond donors (Lipinski definition) is 1. The molecule has 1 aliphatic rings. The Kier molecular flexibility index (Phi) is 2.30. The van der Waals surface area contributed by atoms with Gasteiger partial charge in [0.05, 0.1) is 17.4 Å². The fourth-order valence-electron chi connectivity index (χ4n) is 3.65. The van der Waals surface area contributed by atoms with Crippen LogP contribution < -0.4 is 0 Å². The zero-order chi connectivity index (χ0) is 14.5. The van der Waals surface area contributed by atoms with Crippen molar-refractivity contribution in [3.05, 3.63) is 89.7 Å². The lowest BCUT2D eigenvalue weighted by atomic mass is 9.89. The Bertz CT molecular complexity index is 952. The highest BCUT2D eigenvalue weighted by molar-refractivity contribution is 5.82. The van der Waals surface area contributed by atoms with Gasteiger partial charge in [-0.1, -0.05) is 54.6 Å². The quantitative estimate of drug-likeness (QED) is 0.473. The van der Waals surface area contributed by atoms with Gasteiger partial charge in [-0.05, 0) is 39.9 Å². The van der Waals surface area contributed by atoms with Crippen LogP contribution in [0.4, 0.5) is 0 Å². The van der Waals surface area contributed by atoms with E-state index in [4.69, 9.17) is 0 Å². The molecule has 0 spiro atoms. The van der Waals surface area contributed by atoms with Crippen LogP contribution in [0.5, 0.6) is 0 Å². The van der Waals surface area contributed by atoms with Gasteiger partial charge in [0.2, 0.25) is 0 Å². The summed E-state index contributed by atoms with van der Waals surface area (Å²) in [7, 11) is 0. The average molecular weight is 282 g/mol. The molecule has 0 saturated heterocycles. The van der Waals surface area contributed by atoms with Crippen molar-refractivity contribution >= 4 is 11.0 Å². The van der Waals surface area contributed by atoms with Gasteiger partial charge < -0.3 is 4.98 Å². The molecule has 0 saturated carbocycles. The van der Waals surface area contributed by atoms with Crippen molar-refractivity contribution in [1.82, 2.24) is 9.97 Å². The van der Waals surface area contributed by atoms with E-state index in [1.165, 1.54) is 27.8 Å². The van der Waals surface area contributed by atoms with E-state index in [2.05, 4.69) is 76.7 Å². The smallest absolute Gasteiger partial charge is 0.0931 e. The average Bonchev–Trinajstić information content (AvgIpc) is 3.16. The molecule has 0 radical (unpaired) electrons. The first kappa shape index (κ1) is 11.8. The van der Waals surface area contributed by atoms with Crippen molar-refractivity contribution in [2.75, 3.05) is 0 Å². The van der Waals surface area contributed by atoms with Crippen LogP contribution in [0.15, 0.2) is 73.1 Å². The summed E-state index contributed by atoms with van der Waals surface area (Å²) in [6.07, 6.45) is 1.75. The molecule has 0 unspecified atom stereocenters. The van der Waals surface area contributed by atoms with Crippen molar-refractivity contribution < 1.29 is 0 Å². The maximum atomic E-state index is 4.32. The third-order valence-electron chi connectivity index (χ3n) is 4.61. The molecule has 4 aromatic rings. The molecule has 22 heavy (non-hydrogen) atoms. The summed E-state index contributed by atoms with van der Waals surface area (Å²) in [6.45, 7) is 0. The standard InChI is InChI=1S/C20H14N2/c1-3-7-16-14(5-1)15-6-2-4-8-17(15)20(16)13-9-10-18-19(11-13)22-12-21-18/h1-12,20H,(H,21,22). The lowest BCUT2D eigenvalue weighted by Crippen LogP contribution is -1.98. The number of benzene rings is 3. The second-order valence-electron chi connectivity index (χ2n) is 5.79. The SMILES string of the molecule is c1ccc2c(c1)-c1ccccc1C2c1ccc2nc[nH]c2c1. The van der Waals surface area contributed by atoms with Gasteiger partial charge in [0.25, 0.3) is 0 Å². The lowest BCUT2D eigenvalue weighted by Gasteiger charge is -2.14. The highest BCUT2D eigenvalue weighted by Gasteiger charge is 2.29. The van der Waals surface area contributed by atoms with E-state index in [0.717, 1.165) is 11.0 Å². The summed E-state index contributed by atoms with van der Waals surface area (Å²) in [5.41, 5.74) is 8.92. The van der Waals surface area contributed by atoms with Crippen LogP contribution in [0.3, 0.4) is 0 Å². The van der Waals surface area contributed by atoms with Crippen molar-refractivity contribution in [3.8, 4) is 11.1 Å². The fraction of sp³-hybridized carbons (Fsp3) is 0.0500. The van der Waals surface area contributed by atoms with E-state index in [-0.39, 0.29) is 0 Å². The Morgan fingerprint density at radius 2 is 1.45 bits per heavy atom. The van der Waals surface area contributed by atoms with Gasteiger partial charge in [-0.15, -0.1) is 0 Å². The van der Waals surface area contributed by atoms with Crippen molar-refractivity contribution in [2.24, 2.45) is 0 Å². The normalized spacial score (nSPS) is 13.3. The molecule has 0 aliphatic heterocycles. The van der Waals surface area contributed by atoms with Gasteiger partial charge in [0, 0.05) is 5.92 Å². The number of aromatic amines is 1. The zero-order valence-electron chi connectivity index (χ0n) is 12.0. The fourth-order valence-corrected chi connectivity index (χ4v) is 3.65. The van der Waals surface area contributed by atoms with Crippen molar-refractivity contribution in [3.63, 3.8) is 0 Å². The van der Waals surface area contributed by atoms with E-state index >= 15 is 0 Å². The lowest BCUT2D eigenvalue weighted by molar-refractivity contribution is 1.02. The van der Waals surface area contributed by atoms with Gasteiger partial charge in [0.1, 0.15) is 0 Å². The molecule has 0 atom stereocenters. The summed E-state index contributed by atoms with van der Waals surface area (Å²) >= 11 is 0. The van der Waals surface area contributed by atoms with Gasteiger partial charge in [-0.25, -0.2) is 4.98 Å². The highest BCUT2D eigenvalue weighted by atomic mass is 14.9. The van der Waals surface area contributed by atoms with Gasteiger partial charge in [0.15, 0.2) is 0 Å². The molecule has 1 N–H and O–H groups in total. The van der Waals surface area contributed by atoms with Gasteiger partial charge >= 0.3 is 0 Å². The molecule has 0 amide bonds. The minimum atomic E-state index is 0.306. The molecule has 1 aliphatic carbocycles. The van der Waals surface area contributed by atoms with Crippen molar-refractivity contribution in [1.29, 1.82) is 0 Å². The number of fused-ring (bicyclic) bond motifs is 4. The molecule has 3 aromatic carbocycles. The largest absolute Gasteiger partial charge is 0.345 e. The Balaban J connectivity index is 1.80. The van der Waals surface area contributed by atoms with E-state index < -0.39 is 0 Å². The summed E-state index contributed by atoms with van der Waals surface area (Å²) in [4.78, 5) is 7.54.